The van der Waals surface area contributed by atoms with E-state index in [2.05, 4.69) is 34.7 Å². The minimum absolute atomic E-state index is 0.192. The van der Waals surface area contributed by atoms with Crippen LogP contribution in [-0.2, 0) is 4.74 Å². The van der Waals surface area contributed by atoms with Gasteiger partial charge in [0.15, 0.2) is 6.29 Å². The van der Waals surface area contributed by atoms with Crippen LogP contribution in [0.5, 0.6) is 0 Å². The molecule has 2 rings (SSSR count). The lowest BCUT2D eigenvalue weighted by Gasteiger charge is -2.37. The average Bonchev–Trinajstić information content (AvgIpc) is 2.27. The number of aldehydes is 1. The largest absolute Gasteiger partial charge is 0.372 e. The molecule has 0 saturated carbocycles. The van der Waals surface area contributed by atoms with Crippen LogP contribution in [0, 0.1) is 0 Å². The molecule has 1 saturated heterocycles. The second-order valence-electron chi connectivity index (χ2n) is 4.48. The van der Waals surface area contributed by atoms with Crippen molar-refractivity contribution < 1.29 is 9.53 Å². The lowest BCUT2D eigenvalue weighted by atomic mass is 10.1. The molecule has 1 aliphatic rings. The van der Waals surface area contributed by atoms with E-state index >= 15 is 0 Å². The summed E-state index contributed by atoms with van der Waals surface area (Å²) in [6, 6.07) is 5.73. The summed E-state index contributed by atoms with van der Waals surface area (Å²) in [5.41, 5.74) is 1.71. The maximum Gasteiger partial charge on any atom is 0.152 e. The van der Waals surface area contributed by atoms with Crippen LogP contribution in [-0.4, -0.2) is 31.6 Å². The van der Waals surface area contributed by atoms with E-state index < -0.39 is 0 Å². The molecule has 0 aromatic heterocycles. The lowest BCUT2D eigenvalue weighted by Crippen LogP contribution is -2.45. The molecule has 0 amide bonds. The van der Waals surface area contributed by atoms with E-state index in [1.807, 2.05) is 18.2 Å². The molecular weight excluding hydrogens is 282 g/mol. The minimum Gasteiger partial charge on any atom is -0.372 e. The van der Waals surface area contributed by atoms with Crippen LogP contribution in [0.15, 0.2) is 22.7 Å². The van der Waals surface area contributed by atoms with Gasteiger partial charge in [-0.3, -0.25) is 4.79 Å². The van der Waals surface area contributed by atoms with Crippen molar-refractivity contribution >= 4 is 27.9 Å². The second-order valence-corrected chi connectivity index (χ2v) is 5.40. The molecule has 2 unspecified atom stereocenters. The van der Waals surface area contributed by atoms with E-state index in [4.69, 9.17) is 4.74 Å². The Labute approximate surface area is 110 Å². The second kappa shape index (κ2) is 5.19. The van der Waals surface area contributed by atoms with Gasteiger partial charge in [0.05, 0.1) is 12.2 Å². The highest BCUT2D eigenvalue weighted by Gasteiger charge is 2.23. The molecule has 0 N–H and O–H groups in total. The van der Waals surface area contributed by atoms with Crippen LogP contribution in [0.25, 0.3) is 0 Å². The van der Waals surface area contributed by atoms with Crippen molar-refractivity contribution in [3.63, 3.8) is 0 Å². The smallest absolute Gasteiger partial charge is 0.152 e. The van der Waals surface area contributed by atoms with Crippen LogP contribution in [0.4, 0.5) is 5.69 Å². The Morgan fingerprint density at radius 2 is 2.00 bits per heavy atom. The zero-order chi connectivity index (χ0) is 12.4. The summed E-state index contributed by atoms with van der Waals surface area (Å²) in [6.45, 7) is 5.76. The van der Waals surface area contributed by atoms with Gasteiger partial charge in [-0.1, -0.05) is 15.9 Å². The summed E-state index contributed by atoms with van der Waals surface area (Å²) in [6.07, 6.45) is 1.29. The number of carbonyl (C=O) groups is 1. The number of anilines is 1. The molecule has 17 heavy (non-hydrogen) atoms. The van der Waals surface area contributed by atoms with Crippen LogP contribution in [0.1, 0.15) is 24.2 Å². The minimum atomic E-state index is 0.192. The molecular formula is C13H16BrNO2. The number of carbonyl (C=O) groups excluding carboxylic acids is 1. The highest BCUT2D eigenvalue weighted by atomic mass is 79.9. The van der Waals surface area contributed by atoms with E-state index in [9.17, 15) is 4.79 Å². The van der Waals surface area contributed by atoms with E-state index in [1.165, 1.54) is 0 Å². The molecule has 0 bridgehead atoms. The summed E-state index contributed by atoms with van der Waals surface area (Å²) >= 11 is 3.45. The zero-order valence-electron chi connectivity index (χ0n) is 10.0. The molecule has 1 heterocycles. The van der Waals surface area contributed by atoms with Crippen molar-refractivity contribution in [3.8, 4) is 0 Å². The van der Waals surface area contributed by atoms with Crippen molar-refractivity contribution in [1.82, 2.24) is 0 Å². The van der Waals surface area contributed by atoms with Gasteiger partial charge in [0, 0.05) is 28.8 Å². The summed E-state index contributed by atoms with van der Waals surface area (Å²) in [4.78, 5) is 13.3. The monoisotopic (exact) mass is 297 g/mol. The van der Waals surface area contributed by atoms with E-state index in [-0.39, 0.29) is 12.2 Å². The van der Waals surface area contributed by atoms with Crippen molar-refractivity contribution in [2.45, 2.75) is 26.1 Å². The van der Waals surface area contributed by atoms with Gasteiger partial charge in [0.1, 0.15) is 0 Å². The normalized spacial score (nSPS) is 24.8. The van der Waals surface area contributed by atoms with Gasteiger partial charge in [0.25, 0.3) is 0 Å². The fraction of sp³-hybridized carbons (Fsp3) is 0.462. The van der Waals surface area contributed by atoms with Crippen molar-refractivity contribution in [3.05, 3.63) is 28.2 Å². The van der Waals surface area contributed by atoms with Crippen LogP contribution in [0.2, 0.25) is 0 Å². The van der Waals surface area contributed by atoms with Gasteiger partial charge < -0.3 is 9.64 Å². The summed E-state index contributed by atoms with van der Waals surface area (Å²) in [7, 11) is 0. The molecule has 3 nitrogen and oxygen atoms in total. The van der Waals surface area contributed by atoms with Gasteiger partial charge in [-0.2, -0.15) is 0 Å². The Morgan fingerprint density at radius 1 is 1.35 bits per heavy atom. The quantitative estimate of drug-likeness (QED) is 0.786. The third kappa shape index (κ3) is 2.87. The first-order valence-corrected chi connectivity index (χ1v) is 6.54. The van der Waals surface area contributed by atoms with Crippen molar-refractivity contribution in [1.29, 1.82) is 0 Å². The maximum absolute atomic E-state index is 11.1. The average molecular weight is 298 g/mol. The molecule has 2 atom stereocenters. The number of halogens is 1. The molecule has 4 heteroatoms. The number of hydrogen-bond donors (Lipinski definition) is 0. The predicted octanol–water partition coefficient (Wildman–Crippen LogP) is 2.88. The molecule has 1 aromatic rings. The first-order valence-electron chi connectivity index (χ1n) is 5.75. The fourth-order valence-electron chi connectivity index (χ4n) is 2.26. The highest BCUT2D eigenvalue weighted by molar-refractivity contribution is 9.10. The van der Waals surface area contributed by atoms with Gasteiger partial charge in [-0.15, -0.1) is 0 Å². The summed E-state index contributed by atoms with van der Waals surface area (Å²) < 4.78 is 6.69. The number of rotatable bonds is 2. The van der Waals surface area contributed by atoms with E-state index in [0.717, 1.165) is 35.1 Å². The Hall–Kier alpha value is -0.870. The topological polar surface area (TPSA) is 29.5 Å². The molecule has 1 aliphatic heterocycles. The van der Waals surface area contributed by atoms with Crippen molar-refractivity contribution in [2.24, 2.45) is 0 Å². The zero-order valence-corrected chi connectivity index (χ0v) is 11.6. The highest BCUT2D eigenvalue weighted by Crippen LogP contribution is 2.26. The van der Waals surface area contributed by atoms with E-state index in [1.54, 1.807) is 0 Å². The molecule has 1 fully saturated rings. The summed E-state index contributed by atoms with van der Waals surface area (Å²) in [5, 5.41) is 0. The number of ether oxygens (including phenoxy) is 1. The number of nitrogens with zero attached hydrogens (tertiary/aromatic N) is 1. The first-order chi connectivity index (χ1) is 8.10. The van der Waals surface area contributed by atoms with Gasteiger partial charge in [0.2, 0.25) is 0 Å². The molecule has 0 radical (unpaired) electrons. The van der Waals surface area contributed by atoms with Gasteiger partial charge >= 0.3 is 0 Å². The van der Waals surface area contributed by atoms with Crippen molar-refractivity contribution in [2.75, 3.05) is 18.0 Å². The first kappa shape index (κ1) is 12.6. The predicted molar refractivity (Wildman–Crippen MR) is 71.8 cm³/mol. The van der Waals surface area contributed by atoms with Gasteiger partial charge in [-0.25, -0.2) is 0 Å². The Bertz CT molecular complexity index is 412. The maximum atomic E-state index is 11.1. The Morgan fingerprint density at radius 3 is 2.59 bits per heavy atom. The van der Waals surface area contributed by atoms with Gasteiger partial charge in [-0.05, 0) is 32.0 Å². The van der Waals surface area contributed by atoms with Crippen LogP contribution in [0.3, 0.4) is 0 Å². The third-order valence-corrected chi connectivity index (χ3v) is 3.37. The molecule has 0 spiro atoms. The number of benzene rings is 1. The Kier molecular flexibility index (Phi) is 3.84. The van der Waals surface area contributed by atoms with Crippen LogP contribution >= 0.6 is 15.9 Å². The number of morpholine rings is 1. The Balaban J connectivity index is 2.31. The SMILES string of the molecule is CC1CN(c2cc(Br)ccc2C=O)CC(C)O1. The molecule has 0 aliphatic carbocycles. The molecule has 1 aromatic carbocycles. The van der Waals surface area contributed by atoms with E-state index in [0.29, 0.717) is 0 Å². The standard InChI is InChI=1S/C13H16BrNO2/c1-9-6-15(7-10(2)17-9)13-5-12(14)4-3-11(13)8-16/h3-5,8-10H,6-7H2,1-2H3. The fourth-order valence-corrected chi connectivity index (χ4v) is 2.61. The van der Waals surface area contributed by atoms with Crippen LogP contribution < -0.4 is 4.90 Å². The third-order valence-electron chi connectivity index (χ3n) is 2.88. The lowest BCUT2D eigenvalue weighted by molar-refractivity contribution is -0.00525. The summed E-state index contributed by atoms with van der Waals surface area (Å²) in [5.74, 6) is 0. The number of hydrogen-bond acceptors (Lipinski definition) is 3. The molecule has 92 valence electrons.